The Hall–Kier alpha value is -7.48. The summed E-state index contributed by atoms with van der Waals surface area (Å²) in [5, 5.41) is 5.06. The van der Waals surface area contributed by atoms with Crippen LogP contribution in [0.2, 0.25) is 0 Å². The molecule has 0 N–H and O–H groups in total. The van der Waals surface area contributed by atoms with Crippen LogP contribution < -0.4 is 4.90 Å². The van der Waals surface area contributed by atoms with Crippen LogP contribution in [0.4, 0.5) is 17.1 Å². The molecule has 0 radical (unpaired) electrons. The molecule has 0 aliphatic rings. The summed E-state index contributed by atoms with van der Waals surface area (Å²) in [5.41, 5.74) is 15.2. The molecule has 0 unspecified atom stereocenters. The molecule has 0 bridgehead atoms. The molecule has 0 heterocycles. The number of nitrogens with zero attached hydrogens (tertiary/aromatic N) is 1. The fraction of sp³-hybridized carbons (Fsp3) is 0. The number of hydrogen-bond donors (Lipinski definition) is 0. The summed E-state index contributed by atoms with van der Waals surface area (Å²) in [6.45, 7) is 0. The van der Waals surface area contributed by atoms with Crippen molar-refractivity contribution < 1.29 is 0 Å². The molecule has 0 atom stereocenters. The third-order valence-electron chi connectivity index (χ3n) is 11.1. The van der Waals surface area contributed by atoms with Crippen molar-refractivity contribution >= 4 is 38.6 Å². The Balaban J connectivity index is 1.15. The minimum absolute atomic E-state index is 1.09. The van der Waals surface area contributed by atoms with Crippen molar-refractivity contribution in [2.24, 2.45) is 0 Å². The number of benzene rings is 10. The lowest BCUT2D eigenvalue weighted by atomic mass is 9.92. The Kier molecular flexibility index (Phi) is 8.95. The minimum atomic E-state index is 1.09. The summed E-state index contributed by atoms with van der Waals surface area (Å²) < 4.78 is 0. The number of rotatable bonds is 8. The standard InChI is InChI=1S/C56H39N/c1-4-16-40(17-5-1)41-28-30-44(31-29-41)51-24-14-15-27-56(51)57(48-36-37-50(42-18-6-2-7-19-42)55(39-48)43-20-8-3-9-21-43)47-34-32-45(33-35-47)54-38-46-22-10-11-23-49(46)52-25-12-13-26-53(52)54/h1-39H. The van der Waals surface area contributed by atoms with Crippen LogP contribution >= 0.6 is 0 Å². The predicted molar refractivity (Wildman–Crippen MR) is 243 cm³/mol. The third-order valence-corrected chi connectivity index (χ3v) is 11.1. The quantitative estimate of drug-likeness (QED) is 0.141. The van der Waals surface area contributed by atoms with Gasteiger partial charge in [0.05, 0.1) is 5.69 Å². The average molecular weight is 726 g/mol. The summed E-state index contributed by atoms with van der Waals surface area (Å²) in [6.07, 6.45) is 0. The lowest BCUT2D eigenvalue weighted by Crippen LogP contribution is -2.11. The first-order valence-electron chi connectivity index (χ1n) is 19.6. The fourth-order valence-electron chi connectivity index (χ4n) is 8.29. The van der Waals surface area contributed by atoms with E-state index >= 15 is 0 Å². The van der Waals surface area contributed by atoms with E-state index in [1.54, 1.807) is 0 Å². The largest absolute Gasteiger partial charge is 0.310 e. The van der Waals surface area contributed by atoms with Crippen LogP contribution in [-0.2, 0) is 0 Å². The smallest absolute Gasteiger partial charge is 0.0540 e. The van der Waals surface area contributed by atoms with Crippen molar-refractivity contribution in [3.63, 3.8) is 0 Å². The van der Waals surface area contributed by atoms with Crippen LogP contribution in [0.3, 0.4) is 0 Å². The highest BCUT2D eigenvalue weighted by atomic mass is 15.1. The average Bonchev–Trinajstić information content (AvgIpc) is 3.30. The monoisotopic (exact) mass is 725 g/mol. The van der Waals surface area contributed by atoms with Gasteiger partial charge in [0.1, 0.15) is 0 Å². The summed E-state index contributed by atoms with van der Waals surface area (Å²) >= 11 is 0. The van der Waals surface area contributed by atoms with Gasteiger partial charge in [-0.2, -0.15) is 0 Å². The van der Waals surface area contributed by atoms with E-state index in [0.717, 1.165) is 22.6 Å². The van der Waals surface area contributed by atoms with Gasteiger partial charge >= 0.3 is 0 Å². The maximum absolute atomic E-state index is 2.42. The molecule has 0 saturated heterocycles. The van der Waals surface area contributed by atoms with E-state index < -0.39 is 0 Å². The van der Waals surface area contributed by atoms with Gasteiger partial charge < -0.3 is 4.90 Å². The zero-order valence-electron chi connectivity index (χ0n) is 31.5. The highest BCUT2D eigenvalue weighted by Crippen LogP contribution is 2.45. The molecule has 10 aromatic rings. The Morgan fingerprint density at radius 1 is 0.228 bits per heavy atom. The van der Waals surface area contributed by atoms with Gasteiger partial charge in [0.25, 0.3) is 0 Å². The summed E-state index contributed by atoms with van der Waals surface area (Å²) in [5.74, 6) is 0. The van der Waals surface area contributed by atoms with Crippen molar-refractivity contribution in [2.45, 2.75) is 0 Å². The van der Waals surface area contributed by atoms with Crippen molar-refractivity contribution in [1.82, 2.24) is 0 Å². The molecule has 0 aliphatic carbocycles. The number of para-hydroxylation sites is 1. The molecule has 0 aliphatic heterocycles. The van der Waals surface area contributed by atoms with Crippen LogP contribution in [0.5, 0.6) is 0 Å². The zero-order chi connectivity index (χ0) is 38.0. The first kappa shape index (κ1) is 34.0. The van der Waals surface area contributed by atoms with E-state index in [1.807, 2.05) is 0 Å². The molecular formula is C56H39N. The lowest BCUT2D eigenvalue weighted by molar-refractivity contribution is 1.28. The number of anilines is 3. The maximum atomic E-state index is 2.42. The van der Waals surface area contributed by atoms with E-state index in [4.69, 9.17) is 0 Å². The van der Waals surface area contributed by atoms with E-state index in [1.165, 1.54) is 71.6 Å². The zero-order valence-corrected chi connectivity index (χ0v) is 31.5. The lowest BCUT2D eigenvalue weighted by Gasteiger charge is -2.29. The fourth-order valence-corrected chi connectivity index (χ4v) is 8.29. The summed E-state index contributed by atoms with van der Waals surface area (Å²) in [7, 11) is 0. The topological polar surface area (TPSA) is 3.24 Å². The molecule has 10 aromatic carbocycles. The molecular weight excluding hydrogens is 687 g/mol. The second-order valence-corrected chi connectivity index (χ2v) is 14.5. The Morgan fingerprint density at radius 3 is 1.39 bits per heavy atom. The molecule has 0 saturated carbocycles. The van der Waals surface area contributed by atoms with Crippen molar-refractivity contribution in [3.05, 3.63) is 237 Å². The van der Waals surface area contributed by atoms with Crippen LogP contribution in [-0.4, -0.2) is 0 Å². The highest BCUT2D eigenvalue weighted by Gasteiger charge is 2.20. The molecule has 0 aromatic heterocycles. The van der Waals surface area contributed by atoms with Crippen molar-refractivity contribution in [1.29, 1.82) is 0 Å². The summed E-state index contributed by atoms with van der Waals surface area (Å²) in [6, 6.07) is 85.6. The highest BCUT2D eigenvalue weighted by molar-refractivity contribution is 6.13. The van der Waals surface area contributed by atoms with Gasteiger partial charge in [0.15, 0.2) is 0 Å². The molecule has 0 fully saturated rings. The van der Waals surface area contributed by atoms with Crippen molar-refractivity contribution in [3.8, 4) is 55.6 Å². The van der Waals surface area contributed by atoms with E-state index in [9.17, 15) is 0 Å². The Morgan fingerprint density at radius 2 is 0.684 bits per heavy atom. The Labute approximate surface area is 334 Å². The molecule has 0 amide bonds. The first-order chi connectivity index (χ1) is 28.3. The third kappa shape index (κ3) is 6.56. The van der Waals surface area contributed by atoms with E-state index in [0.29, 0.717) is 0 Å². The van der Waals surface area contributed by atoms with Crippen LogP contribution in [0.1, 0.15) is 0 Å². The Bertz CT molecular complexity index is 2970. The van der Waals surface area contributed by atoms with Gasteiger partial charge in [-0.05, 0) is 108 Å². The van der Waals surface area contributed by atoms with E-state index in [2.05, 4.69) is 241 Å². The molecule has 268 valence electrons. The second-order valence-electron chi connectivity index (χ2n) is 14.5. The maximum Gasteiger partial charge on any atom is 0.0540 e. The van der Waals surface area contributed by atoms with Crippen molar-refractivity contribution in [2.75, 3.05) is 4.90 Å². The van der Waals surface area contributed by atoms with Gasteiger partial charge in [-0.15, -0.1) is 0 Å². The van der Waals surface area contributed by atoms with Gasteiger partial charge in [0, 0.05) is 16.9 Å². The molecule has 1 heteroatoms. The minimum Gasteiger partial charge on any atom is -0.310 e. The SMILES string of the molecule is c1ccc(-c2ccc(-c3ccccc3N(c3ccc(-c4cc5ccccc5c5ccccc45)cc3)c3ccc(-c4ccccc4)c(-c4ccccc4)c3)cc2)cc1. The van der Waals surface area contributed by atoms with E-state index in [-0.39, 0.29) is 0 Å². The molecule has 1 nitrogen and oxygen atoms in total. The summed E-state index contributed by atoms with van der Waals surface area (Å²) in [4.78, 5) is 2.42. The van der Waals surface area contributed by atoms with Gasteiger partial charge in [-0.25, -0.2) is 0 Å². The van der Waals surface area contributed by atoms with Gasteiger partial charge in [0.2, 0.25) is 0 Å². The van der Waals surface area contributed by atoms with Crippen LogP contribution in [0.25, 0.3) is 77.2 Å². The van der Waals surface area contributed by atoms with Crippen LogP contribution in [0, 0.1) is 0 Å². The predicted octanol–water partition coefficient (Wildman–Crippen LogP) is 15.8. The van der Waals surface area contributed by atoms with Gasteiger partial charge in [-0.1, -0.05) is 200 Å². The number of hydrogen-bond acceptors (Lipinski definition) is 1. The van der Waals surface area contributed by atoms with Gasteiger partial charge in [-0.3, -0.25) is 0 Å². The number of fused-ring (bicyclic) bond motifs is 3. The molecule has 0 spiro atoms. The molecule has 57 heavy (non-hydrogen) atoms. The van der Waals surface area contributed by atoms with Crippen LogP contribution in [0.15, 0.2) is 237 Å². The molecule has 10 rings (SSSR count). The second kappa shape index (κ2) is 15.0. The first-order valence-corrected chi connectivity index (χ1v) is 19.6. The normalized spacial score (nSPS) is 11.2.